The lowest BCUT2D eigenvalue weighted by atomic mass is 10.1. The van der Waals surface area contributed by atoms with Crippen molar-refractivity contribution in [2.75, 3.05) is 0 Å². The average molecular weight is 413 g/mol. The van der Waals surface area contributed by atoms with E-state index in [0.717, 1.165) is 11.1 Å². The summed E-state index contributed by atoms with van der Waals surface area (Å²) in [6.07, 6.45) is 1.43. The van der Waals surface area contributed by atoms with E-state index in [9.17, 15) is 19.5 Å². The van der Waals surface area contributed by atoms with Crippen LogP contribution in [0.5, 0.6) is 0 Å². The van der Waals surface area contributed by atoms with Gasteiger partial charge >= 0.3 is 0 Å². The second-order valence-electron chi connectivity index (χ2n) is 6.80. The zero-order chi connectivity index (χ0) is 22.1. The van der Waals surface area contributed by atoms with Crippen molar-refractivity contribution in [2.45, 2.75) is 13.1 Å². The van der Waals surface area contributed by atoms with Crippen molar-refractivity contribution in [1.82, 2.24) is 10.6 Å². The predicted molar refractivity (Wildman–Crippen MR) is 115 cm³/mol. The normalized spacial score (nSPS) is 10.1. The van der Waals surface area contributed by atoms with Crippen molar-refractivity contribution in [3.63, 3.8) is 0 Å². The molecule has 2 N–H and O–H groups in total. The fraction of sp³-hybridized carbons (Fsp3) is 0.0800. The summed E-state index contributed by atoms with van der Waals surface area (Å²) >= 11 is 0. The zero-order valence-electron chi connectivity index (χ0n) is 16.7. The smallest absolute Gasteiger partial charge is 0.257 e. The van der Waals surface area contributed by atoms with Crippen LogP contribution in [-0.4, -0.2) is 17.8 Å². The number of aromatic carboxylic acids is 1. The minimum Gasteiger partial charge on any atom is -0.545 e. The molecule has 0 aliphatic rings. The van der Waals surface area contributed by atoms with E-state index >= 15 is 0 Å². The van der Waals surface area contributed by atoms with Gasteiger partial charge in [-0.15, -0.1) is 0 Å². The van der Waals surface area contributed by atoms with Gasteiger partial charge in [-0.1, -0.05) is 84.9 Å². The molecule has 3 aromatic rings. The van der Waals surface area contributed by atoms with Crippen LogP contribution in [0.1, 0.15) is 27.0 Å². The van der Waals surface area contributed by atoms with E-state index in [1.54, 1.807) is 0 Å². The van der Waals surface area contributed by atoms with Gasteiger partial charge in [0.2, 0.25) is 0 Å². The van der Waals surface area contributed by atoms with Crippen molar-refractivity contribution in [3.8, 4) is 0 Å². The molecular weight excluding hydrogens is 392 g/mol. The van der Waals surface area contributed by atoms with Crippen LogP contribution in [0.2, 0.25) is 0 Å². The number of carboxylic acids is 1. The Kier molecular flexibility index (Phi) is 7.32. The van der Waals surface area contributed by atoms with Crippen LogP contribution in [0.25, 0.3) is 6.08 Å². The molecule has 0 saturated carbocycles. The first kappa shape index (κ1) is 21.5. The van der Waals surface area contributed by atoms with Crippen molar-refractivity contribution in [2.24, 2.45) is 0 Å². The van der Waals surface area contributed by atoms with Crippen LogP contribution < -0.4 is 15.7 Å². The van der Waals surface area contributed by atoms with Gasteiger partial charge in [-0.05, 0) is 28.3 Å². The summed E-state index contributed by atoms with van der Waals surface area (Å²) in [4.78, 5) is 36.5. The zero-order valence-corrected chi connectivity index (χ0v) is 16.7. The quantitative estimate of drug-likeness (QED) is 0.336. The van der Waals surface area contributed by atoms with E-state index in [1.165, 1.54) is 30.3 Å². The lowest BCUT2D eigenvalue weighted by molar-refractivity contribution is -0.255. The molecule has 0 spiro atoms. The van der Waals surface area contributed by atoms with Crippen LogP contribution >= 0.6 is 0 Å². The Bertz CT molecular complexity index is 1020. The highest BCUT2D eigenvalue weighted by Gasteiger charge is 2.18. The molecule has 0 radical (unpaired) electrons. The summed E-state index contributed by atoms with van der Waals surface area (Å²) in [5.41, 5.74) is 2.26. The molecule has 0 atom stereocenters. The first-order chi connectivity index (χ1) is 15.0. The molecule has 0 aliphatic carbocycles. The van der Waals surface area contributed by atoms with Crippen molar-refractivity contribution >= 4 is 23.9 Å². The Morgan fingerprint density at radius 3 is 1.55 bits per heavy atom. The number of hydrogen-bond acceptors (Lipinski definition) is 4. The fourth-order valence-electron chi connectivity index (χ4n) is 2.86. The van der Waals surface area contributed by atoms with Gasteiger partial charge in [0.05, 0.1) is 5.97 Å². The maximum atomic E-state index is 12.8. The molecule has 0 aromatic heterocycles. The minimum atomic E-state index is -1.29. The minimum absolute atomic E-state index is 0.0146. The monoisotopic (exact) mass is 413 g/mol. The van der Waals surface area contributed by atoms with E-state index in [2.05, 4.69) is 10.6 Å². The van der Waals surface area contributed by atoms with Crippen LogP contribution in [-0.2, 0) is 22.7 Å². The molecule has 156 valence electrons. The highest BCUT2D eigenvalue weighted by atomic mass is 16.4. The van der Waals surface area contributed by atoms with Gasteiger partial charge in [0.25, 0.3) is 11.8 Å². The first-order valence-corrected chi connectivity index (χ1v) is 9.70. The molecule has 2 amide bonds. The largest absolute Gasteiger partial charge is 0.545 e. The highest BCUT2D eigenvalue weighted by Crippen LogP contribution is 2.11. The molecule has 0 saturated heterocycles. The van der Waals surface area contributed by atoms with Crippen LogP contribution in [0.4, 0.5) is 0 Å². The van der Waals surface area contributed by atoms with Crippen LogP contribution in [0.3, 0.4) is 0 Å². The first-order valence-electron chi connectivity index (χ1n) is 9.70. The van der Waals surface area contributed by atoms with Crippen molar-refractivity contribution in [1.29, 1.82) is 0 Å². The molecule has 31 heavy (non-hydrogen) atoms. The molecule has 3 aromatic carbocycles. The predicted octanol–water partition coefficient (Wildman–Crippen LogP) is 2.07. The number of rotatable bonds is 8. The number of carbonyl (C=O) groups excluding carboxylic acids is 3. The standard InChI is InChI=1S/C25H22N2O4/c28-23(26-16-19-7-3-1-4-8-19)22(15-18-11-13-21(14-12-18)25(30)31)24(29)27-17-20-9-5-2-6-10-20/h1-15H,16-17H2,(H,26,28)(H,27,29)(H,30,31)/p-1. The summed E-state index contributed by atoms with van der Waals surface area (Å²) < 4.78 is 0. The maximum absolute atomic E-state index is 12.8. The molecule has 0 fully saturated rings. The Morgan fingerprint density at radius 1 is 0.677 bits per heavy atom. The van der Waals surface area contributed by atoms with Gasteiger partial charge in [-0.2, -0.15) is 0 Å². The number of nitrogens with one attached hydrogen (secondary N) is 2. The van der Waals surface area contributed by atoms with E-state index in [0.29, 0.717) is 5.56 Å². The molecule has 6 nitrogen and oxygen atoms in total. The van der Waals surface area contributed by atoms with E-state index in [4.69, 9.17) is 0 Å². The number of amides is 2. The summed E-state index contributed by atoms with van der Waals surface area (Å²) in [6, 6.07) is 24.5. The van der Waals surface area contributed by atoms with Crippen LogP contribution in [0, 0.1) is 0 Å². The second-order valence-corrected chi connectivity index (χ2v) is 6.80. The van der Waals surface area contributed by atoms with Gasteiger partial charge in [-0.25, -0.2) is 0 Å². The Labute approximate surface area is 180 Å². The third-order valence-corrected chi connectivity index (χ3v) is 4.54. The molecule has 0 heterocycles. The van der Waals surface area contributed by atoms with Crippen LogP contribution in [0.15, 0.2) is 90.5 Å². The number of carbonyl (C=O) groups is 3. The summed E-state index contributed by atoms with van der Waals surface area (Å²) in [5.74, 6) is -2.35. The molecular formula is C25H21N2O4-. The van der Waals surface area contributed by atoms with Gasteiger partial charge in [0.15, 0.2) is 0 Å². The van der Waals surface area contributed by atoms with E-state index < -0.39 is 17.8 Å². The van der Waals surface area contributed by atoms with E-state index in [-0.39, 0.29) is 24.2 Å². The SMILES string of the molecule is O=C(NCc1ccccc1)C(=Cc1ccc(C(=O)[O-])cc1)C(=O)NCc1ccccc1. The second kappa shape index (κ2) is 10.5. The maximum Gasteiger partial charge on any atom is 0.257 e. The Balaban J connectivity index is 1.78. The Morgan fingerprint density at radius 2 is 1.13 bits per heavy atom. The lowest BCUT2D eigenvalue weighted by Crippen LogP contribution is -2.34. The molecule has 6 heteroatoms. The molecule has 0 bridgehead atoms. The summed E-state index contributed by atoms with van der Waals surface area (Å²) in [6.45, 7) is 0.541. The molecule has 0 aliphatic heterocycles. The lowest BCUT2D eigenvalue weighted by Gasteiger charge is -2.11. The number of benzene rings is 3. The van der Waals surface area contributed by atoms with Crippen molar-refractivity contribution < 1.29 is 19.5 Å². The molecule has 3 rings (SSSR count). The van der Waals surface area contributed by atoms with Crippen molar-refractivity contribution in [3.05, 3.63) is 113 Å². The molecule has 0 unspecified atom stereocenters. The summed E-state index contributed by atoms with van der Waals surface area (Å²) in [7, 11) is 0. The number of carboxylic acid groups (broad SMARTS) is 1. The topological polar surface area (TPSA) is 98.3 Å². The third kappa shape index (κ3) is 6.40. The third-order valence-electron chi connectivity index (χ3n) is 4.54. The van der Waals surface area contributed by atoms with Gasteiger partial charge in [0, 0.05) is 13.1 Å². The van der Waals surface area contributed by atoms with Gasteiger partial charge in [0.1, 0.15) is 5.57 Å². The Hall–Kier alpha value is -4.19. The fourth-order valence-corrected chi connectivity index (χ4v) is 2.86. The highest BCUT2D eigenvalue weighted by molar-refractivity contribution is 6.21. The van der Waals surface area contributed by atoms with Gasteiger partial charge in [-0.3, -0.25) is 9.59 Å². The summed E-state index contributed by atoms with van der Waals surface area (Å²) in [5, 5.41) is 16.4. The van der Waals surface area contributed by atoms with E-state index in [1.807, 2.05) is 60.7 Å². The van der Waals surface area contributed by atoms with Gasteiger partial charge < -0.3 is 20.5 Å². The number of hydrogen-bond donors (Lipinski definition) is 2. The average Bonchev–Trinajstić information content (AvgIpc) is 2.81.